The highest BCUT2D eigenvalue weighted by molar-refractivity contribution is 6.38. The first-order chi connectivity index (χ1) is 13.7. The zero-order chi connectivity index (χ0) is 19.5. The third-order valence-electron chi connectivity index (χ3n) is 5.41. The molecule has 28 heavy (non-hydrogen) atoms. The summed E-state index contributed by atoms with van der Waals surface area (Å²) in [7, 11) is 1.68. The van der Waals surface area contributed by atoms with Gasteiger partial charge in [-0.05, 0) is 38.1 Å². The van der Waals surface area contributed by atoms with E-state index in [4.69, 9.17) is 16.3 Å². The second kappa shape index (κ2) is 8.25. The van der Waals surface area contributed by atoms with Crippen LogP contribution in [0.3, 0.4) is 0 Å². The fourth-order valence-corrected chi connectivity index (χ4v) is 4.27. The van der Waals surface area contributed by atoms with Crippen LogP contribution in [0, 0.1) is 0 Å². The molecule has 5 nitrogen and oxygen atoms in total. The van der Waals surface area contributed by atoms with Gasteiger partial charge in [-0.3, -0.25) is 9.69 Å². The second-order valence-electron chi connectivity index (χ2n) is 7.07. The van der Waals surface area contributed by atoms with Gasteiger partial charge in [0.05, 0.1) is 18.2 Å². The number of hydrogen-bond acceptors (Lipinski definition) is 3. The van der Waals surface area contributed by atoms with Crippen LogP contribution in [-0.4, -0.2) is 42.5 Å². The Kier molecular flexibility index (Phi) is 5.55. The Morgan fingerprint density at radius 2 is 1.89 bits per heavy atom. The van der Waals surface area contributed by atoms with E-state index in [9.17, 15) is 4.79 Å². The molecule has 2 N–H and O–H groups in total. The van der Waals surface area contributed by atoms with Gasteiger partial charge in [0.25, 0.3) is 5.91 Å². The van der Waals surface area contributed by atoms with E-state index >= 15 is 0 Å². The number of amides is 1. The first-order valence-electron chi connectivity index (χ1n) is 9.60. The Balaban J connectivity index is 1.57. The molecule has 1 atom stereocenters. The molecule has 1 saturated heterocycles. The number of nitrogens with zero attached hydrogens (tertiary/aromatic N) is 1. The number of rotatable bonds is 6. The van der Waals surface area contributed by atoms with Crippen molar-refractivity contribution < 1.29 is 9.53 Å². The van der Waals surface area contributed by atoms with Gasteiger partial charge in [0.15, 0.2) is 0 Å². The number of methoxy groups -OCH3 is 1. The molecule has 0 saturated carbocycles. The third kappa shape index (κ3) is 3.60. The molecule has 6 heteroatoms. The second-order valence-corrected chi connectivity index (χ2v) is 7.45. The maximum Gasteiger partial charge on any atom is 0.269 e. The van der Waals surface area contributed by atoms with Crippen LogP contribution in [0.15, 0.2) is 48.5 Å². The number of halogens is 1. The Morgan fingerprint density at radius 1 is 1.18 bits per heavy atom. The van der Waals surface area contributed by atoms with Gasteiger partial charge in [-0.15, -0.1) is 0 Å². The van der Waals surface area contributed by atoms with Crippen molar-refractivity contribution in [3.05, 3.63) is 64.8 Å². The van der Waals surface area contributed by atoms with Crippen LogP contribution in [-0.2, 0) is 0 Å². The lowest BCUT2D eigenvalue weighted by Gasteiger charge is -2.29. The zero-order valence-electron chi connectivity index (χ0n) is 15.9. The first-order valence-corrected chi connectivity index (χ1v) is 9.98. The smallest absolute Gasteiger partial charge is 0.269 e. The summed E-state index contributed by atoms with van der Waals surface area (Å²) in [6.45, 7) is 2.53. The number of H-pyrrole nitrogens is 1. The molecule has 3 aromatic rings. The number of carbonyl (C=O) groups is 1. The molecular weight excluding hydrogens is 374 g/mol. The highest BCUT2D eigenvalue weighted by Gasteiger charge is 2.27. The predicted octanol–water partition coefficient (Wildman–Crippen LogP) is 4.40. The Hall–Kier alpha value is -2.50. The van der Waals surface area contributed by atoms with Gasteiger partial charge in [0, 0.05) is 23.0 Å². The van der Waals surface area contributed by atoms with Crippen molar-refractivity contribution in [1.29, 1.82) is 0 Å². The molecule has 4 rings (SSSR count). The molecule has 0 radical (unpaired) electrons. The molecule has 146 valence electrons. The summed E-state index contributed by atoms with van der Waals surface area (Å²) >= 11 is 6.44. The SMILES string of the molecule is COc1ccccc1C(CNC(=O)c1[nH]c2ccccc2c1Cl)N1CCCC1. The fourth-order valence-electron chi connectivity index (χ4n) is 3.97. The lowest BCUT2D eigenvalue weighted by Crippen LogP contribution is -2.37. The van der Waals surface area contributed by atoms with Crippen molar-refractivity contribution in [3.63, 3.8) is 0 Å². The van der Waals surface area contributed by atoms with E-state index in [0.717, 1.165) is 35.3 Å². The number of likely N-dealkylation sites (tertiary alicyclic amines) is 1. The van der Waals surface area contributed by atoms with Crippen LogP contribution in [0.1, 0.15) is 34.9 Å². The molecular formula is C22H24ClN3O2. The Labute approximate surface area is 169 Å². The topological polar surface area (TPSA) is 57.4 Å². The summed E-state index contributed by atoms with van der Waals surface area (Å²) in [6, 6.07) is 15.7. The summed E-state index contributed by atoms with van der Waals surface area (Å²) < 4.78 is 5.57. The quantitative estimate of drug-likeness (QED) is 0.648. The number of ether oxygens (including phenoxy) is 1. The van der Waals surface area contributed by atoms with Crippen molar-refractivity contribution >= 4 is 28.4 Å². The number of hydrogen-bond donors (Lipinski definition) is 2. The largest absolute Gasteiger partial charge is 0.496 e. The van der Waals surface area contributed by atoms with Gasteiger partial charge in [0.2, 0.25) is 0 Å². The maximum atomic E-state index is 12.9. The number of carbonyl (C=O) groups excluding carboxylic acids is 1. The highest BCUT2D eigenvalue weighted by Crippen LogP contribution is 2.32. The average molecular weight is 398 g/mol. The molecule has 2 aromatic carbocycles. The predicted molar refractivity (Wildman–Crippen MR) is 112 cm³/mol. The van der Waals surface area contributed by atoms with Crippen LogP contribution in [0.2, 0.25) is 5.02 Å². The van der Waals surface area contributed by atoms with Gasteiger partial charge in [-0.1, -0.05) is 48.0 Å². The van der Waals surface area contributed by atoms with Crippen molar-refractivity contribution in [3.8, 4) is 5.75 Å². The minimum Gasteiger partial charge on any atom is -0.496 e. The van der Waals surface area contributed by atoms with E-state index in [1.54, 1.807) is 7.11 Å². The monoisotopic (exact) mass is 397 g/mol. The summed E-state index contributed by atoms with van der Waals surface area (Å²) in [4.78, 5) is 18.4. The molecule has 1 aromatic heterocycles. The van der Waals surface area contributed by atoms with Crippen molar-refractivity contribution in [1.82, 2.24) is 15.2 Å². The number of nitrogens with one attached hydrogen (secondary N) is 2. The lowest BCUT2D eigenvalue weighted by molar-refractivity contribution is 0.0933. The molecule has 0 aliphatic carbocycles. The third-order valence-corrected chi connectivity index (χ3v) is 5.80. The van der Waals surface area contributed by atoms with Gasteiger partial charge < -0.3 is 15.0 Å². The first kappa shape index (κ1) is 18.8. The van der Waals surface area contributed by atoms with Gasteiger partial charge >= 0.3 is 0 Å². The van der Waals surface area contributed by atoms with Crippen LogP contribution >= 0.6 is 11.6 Å². The van der Waals surface area contributed by atoms with Crippen LogP contribution in [0.5, 0.6) is 5.75 Å². The molecule has 1 amide bonds. The Morgan fingerprint density at radius 3 is 2.64 bits per heavy atom. The number of aromatic amines is 1. The minimum atomic E-state index is -0.194. The van der Waals surface area contributed by atoms with Gasteiger partial charge in [-0.2, -0.15) is 0 Å². The summed E-state index contributed by atoms with van der Waals surface area (Å²) in [5.41, 5.74) is 2.36. The van der Waals surface area contributed by atoms with Crippen molar-refractivity contribution in [2.24, 2.45) is 0 Å². The molecule has 2 heterocycles. The average Bonchev–Trinajstić information content (AvgIpc) is 3.37. The van der Waals surface area contributed by atoms with Gasteiger partial charge in [-0.25, -0.2) is 0 Å². The summed E-state index contributed by atoms with van der Waals surface area (Å²) in [5.74, 6) is 0.651. The number of fused-ring (bicyclic) bond motifs is 1. The maximum absolute atomic E-state index is 12.9. The van der Waals surface area contributed by atoms with Crippen molar-refractivity contribution in [2.45, 2.75) is 18.9 Å². The zero-order valence-corrected chi connectivity index (χ0v) is 16.6. The van der Waals surface area contributed by atoms with E-state index in [-0.39, 0.29) is 11.9 Å². The normalized spacial score (nSPS) is 15.6. The van der Waals surface area contributed by atoms with Gasteiger partial charge in [0.1, 0.15) is 11.4 Å². The van der Waals surface area contributed by atoms with E-state index in [1.165, 1.54) is 12.8 Å². The summed E-state index contributed by atoms with van der Waals surface area (Å²) in [6.07, 6.45) is 2.35. The molecule has 0 bridgehead atoms. The standard InChI is InChI=1S/C22H24ClN3O2/c1-28-19-11-5-3-9-16(19)18(26-12-6-7-13-26)14-24-22(27)21-20(23)15-8-2-4-10-17(15)25-21/h2-5,8-11,18,25H,6-7,12-14H2,1H3,(H,24,27). The number of para-hydroxylation sites is 2. The molecule has 0 spiro atoms. The van der Waals surface area contributed by atoms with Crippen LogP contribution < -0.4 is 10.1 Å². The number of benzene rings is 2. The van der Waals surface area contributed by atoms with E-state index < -0.39 is 0 Å². The molecule has 1 unspecified atom stereocenters. The van der Waals surface area contributed by atoms with E-state index in [0.29, 0.717) is 17.3 Å². The molecule has 1 aliphatic rings. The molecule has 1 fully saturated rings. The summed E-state index contributed by atoms with van der Waals surface area (Å²) in [5, 5.41) is 4.39. The van der Waals surface area contributed by atoms with E-state index in [2.05, 4.69) is 21.3 Å². The van der Waals surface area contributed by atoms with Crippen LogP contribution in [0.4, 0.5) is 0 Å². The lowest BCUT2D eigenvalue weighted by atomic mass is 10.0. The number of aromatic nitrogens is 1. The highest BCUT2D eigenvalue weighted by atomic mass is 35.5. The van der Waals surface area contributed by atoms with Crippen molar-refractivity contribution in [2.75, 3.05) is 26.7 Å². The Bertz CT molecular complexity index is 979. The molecule has 1 aliphatic heterocycles. The van der Waals surface area contributed by atoms with E-state index in [1.807, 2.05) is 42.5 Å². The minimum absolute atomic E-state index is 0.0609. The van der Waals surface area contributed by atoms with Crippen LogP contribution in [0.25, 0.3) is 10.9 Å². The fraction of sp³-hybridized carbons (Fsp3) is 0.318.